The highest BCUT2D eigenvalue weighted by atomic mass is 79.9. The molecule has 2 radical (unpaired) electrons. The Morgan fingerprint density at radius 1 is 0.269 bits per heavy atom. The van der Waals surface area contributed by atoms with E-state index in [2.05, 4.69) is 299 Å². The van der Waals surface area contributed by atoms with Gasteiger partial charge in [-0.25, -0.2) is 0 Å². The lowest BCUT2D eigenvalue weighted by atomic mass is 10.1. The zero-order valence-electron chi connectivity index (χ0n) is 60.4. The first-order chi connectivity index (χ1) is 33.4. The van der Waals surface area contributed by atoms with E-state index in [1.807, 2.05) is 43.8 Å². The minimum Gasteiger partial charge on any atom is -0.109 e. The van der Waals surface area contributed by atoms with Crippen LogP contribution in [0.25, 0.3) is 0 Å². The van der Waals surface area contributed by atoms with Gasteiger partial charge in [-0.2, -0.15) is 0 Å². The van der Waals surface area contributed by atoms with Crippen LogP contribution < -0.4 is 10.4 Å². The van der Waals surface area contributed by atoms with Crippen molar-refractivity contribution in [1.82, 2.24) is 0 Å². The van der Waals surface area contributed by atoms with E-state index in [1.54, 1.807) is 0 Å². The third-order valence-electron chi connectivity index (χ3n) is 18.8. The van der Waals surface area contributed by atoms with Crippen LogP contribution in [0.4, 0.5) is 0 Å². The van der Waals surface area contributed by atoms with E-state index in [0.717, 1.165) is 0 Å². The summed E-state index contributed by atoms with van der Waals surface area (Å²) in [5, 5.41) is 6.29. The summed E-state index contributed by atoms with van der Waals surface area (Å²) in [6.07, 6.45) is 0. The molecule has 0 aliphatic carbocycles. The molecule has 0 amide bonds. The molecule has 0 aliphatic heterocycles. The van der Waals surface area contributed by atoms with Crippen LogP contribution in [0.5, 0.6) is 0 Å². The molecule has 0 unspecified atom stereocenters. The van der Waals surface area contributed by atoms with E-state index in [-0.39, 0.29) is 0 Å². The van der Waals surface area contributed by atoms with Crippen molar-refractivity contribution in [2.45, 2.75) is 304 Å². The standard InChI is InChI=1S/C60H134Br2Si16/c1-64(2,3)55(65(4,5)6)49-43-47(59(72(25,26)27,73(28,29)30)74(31,32)33)44-50(56(66(7,8)9)67(10,11)12)53(49)63-78(61,62)54-51(57(68(13,14)15)69(16,17)18)45-48(46-52(54)58(70(19,20)21)71(22,23)24)60(75(34,35)36,76(37,38)39)77(40,41)42/h43-46,55-58H,1-42H3. The summed E-state index contributed by atoms with van der Waals surface area (Å²) in [6.45, 7) is 117. The second-order valence-electron chi connectivity index (χ2n) is 40.4. The quantitative estimate of drug-likeness (QED) is 0.0768. The van der Waals surface area contributed by atoms with Crippen molar-refractivity contribution in [2.75, 3.05) is 0 Å². The molecule has 0 aromatic heterocycles. The fraction of sp³-hybridized carbons (Fsp3) is 0.800. The molecule has 18 heteroatoms. The summed E-state index contributed by atoms with van der Waals surface area (Å²) in [6, 6.07) is 12.4. The molecule has 0 fully saturated rings. The summed E-state index contributed by atoms with van der Waals surface area (Å²) in [5.41, 5.74) is 11.1. The molecule has 2 rings (SSSR count). The first-order valence-corrected chi connectivity index (χ1v) is 89.0. The molecule has 0 nitrogen and oxygen atoms in total. The van der Waals surface area contributed by atoms with Gasteiger partial charge in [-0.1, -0.05) is 316 Å². The molecule has 78 heavy (non-hydrogen) atoms. The van der Waals surface area contributed by atoms with Gasteiger partial charge in [0.25, 0.3) is 0 Å². The third kappa shape index (κ3) is 15.5. The van der Waals surface area contributed by atoms with E-state index < -0.39 is 118 Å². The maximum Gasteiger partial charge on any atom is 0.219 e. The van der Waals surface area contributed by atoms with E-state index in [1.165, 1.54) is 0 Å². The van der Waals surface area contributed by atoms with Gasteiger partial charge in [0.2, 0.25) is 4.83 Å². The largest absolute Gasteiger partial charge is 0.219 e. The molecule has 0 bridgehead atoms. The van der Waals surface area contributed by atoms with Crippen LogP contribution in [-0.4, -0.2) is 127 Å². The average Bonchev–Trinajstić information content (AvgIpc) is 3.00. The van der Waals surface area contributed by atoms with Crippen LogP contribution in [0.3, 0.4) is 0 Å². The second-order valence-corrected chi connectivity index (χ2v) is 140. The zero-order valence-corrected chi connectivity index (χ0v) is 79.5. The summed E-state index contributed by atoms with van der Waals surface area (Å²) < 4.78 is 0.598. The smallest absolute Gasteiger partial charge is 0.109 e. The third-order valence-corrected chi connectivity index (χ3v) is 109. The lowest BCUT2D eigenvalue weighted by molar-refractivity contribution is 0.993. The van der Waals surface area contributed by atoms with Gasteiger partial charge in [0, 0.05) is 113 Å². The van der Waals surface area contributed by atoms with Gasteiger partial charge in [0.05, 0.1) is 0 Å². The van der Waals surface area contributed by atoms with Crippen LogP contribution >= 0.6 is 30.6 Å². The van der Waals surface area contributed by atoms with Crippen LogP contribution in [0.2, 0.25) is 275 Å². The highest BCUT2D eigenvalue weighted by molar-refractivity contribution is 9.53. The predicted molar refractivity (Wildman–Crippen MR) is 423 cm³/mol. The van der Waals surface area contributed by atoms with Crippen LogP contribution in [0.1, 0.15) is 54.0 Å². The molecule has 2 aromatic carbocycles. The Morgan fingerprint density at radius 2 is 0.423 bits per heavy atom. The maximum atomic E-state index is 5.27. The number of benzene rings is 2. The van der Waals surface area contributed by atoms with Crippen molar-refractivity contribution in [2.24, 2.45) is 0 Å². The lowest BCUT2D eigenvalue weighted by Gasteiger charge is -2.60. The lowest BCUT2D eigenvalue weighted by Crippen LogP contribution is -2.75. The summed E-state index contributed by atoms with van der Waals surface area (Å²) >= 11 is 10.5. The Morgan fingerprint density at radius 3 is 0.577 bits per heavy atom. The maximum absolute atomic E-state index is 5.27. The molecule has 2 aromatic rings. The molecule has 0 N–H and O–H groups in total. The molecular weight excluding hydrogens is 1330 g/mol. The van der Waals surface area contributed by atoms with Crippen molar-refractivity contribution in [1.29, 1.82) is 0 Å². The van der Waals surface area contributed by atoms with E-state index >= 15 is 0 Å². The van der Waals surface area contributed by atoms with Crippen molar-refractivity contribution in [3.8, 4) is 0 Å². The van der Waals surface area contributed by atoms with Crippen molar-refractivity contribution < 1.29 is 0 Å². The SMILES string of the molecule is C[Si](C)(C)C(c1cc(C([Si](C)(C)C)([Si](C)(C)C)[Si](C)(C)C)cc(C([Si](C)(C)C)[Si](C)(C)C)c1[Si][Si](Br)(Br)c1c(C([Si](C)(C)C)[Si](C)(C)C)cc(C([Si](C)(C)C)([Si](C)(C)C)[Si](C)(C)C)cc1C([Si](C)(C)C)[Si](C)(C)C)[Si](C)(C)C. The fourth-order valence-corrected chi connectivity index (χ4v) is 145. The summed E-state index contributed by atoms with van der Waals surface area (Å²) in [7, 11) is -25.1. The first-order valence-electron chi connectivity index (χ1n) is 30.9. The minimum atomic E-state index is -2.77. The molecule has 0 spiro atoms. The highest BCUT2D eigenvalue weighted by Gasteiger charge is 2.64. The van der Waals surface area contributed by atoms with Crippen LogP contribution in [0, 0.1) is 0 Å². The van der Waals surface area contributed by atoms with Crippen LogP contribution in [0.15, 0.2) is 24.3 Å². The normalized spacial score (nSPS) is 15.9. The topological polar surface area (TPSA) is 0 Å². The van der Waals surface area contributed by atoms with Gasteiger partial charge in [-0.3, -0.25) is 0 Å². The van der Waals surface area contributed by atoms with Gasteiger partial charge in [0.15, 0.2) is 0 Å². The van der Waals surface area contributed by atoms with E-state index in [9.17, 15) is 0 Å². The minimum absolute atomic E-state index is 0.294. The highest BCUT2D eigenvalue weighted by Crippen LogP contribution is 2.55. The number of hydrogen-bond donors (Lipinski definition) is 0. The first kappa shape index (κ1) is 77.0. The zero-order chi connectivity index (χ0) is 63.0. The van der Waals surface area contributed by atoms with Gasteiger partial charge >= 0.3 is 0 Å². The van der Waals surface area contributed by atoms with Gasteiger partial charge in [-0.05, 0) is 56.7 Å². The van der Waals surface area contributed by atoms with E-state index in [0.29, 0.717) is 38.3 Å². The van der Waals surface area contributed by atoms with Gasteiger partial charge in [0.1, 0.15) is 9.04 Å². The number of hydrogen-bond acceptors (Lipinski definition) is 0. The van der Waals surface area contributed by atoms with Gasteiger partial charge in [-0.15, -0.1) is 30.6 Å². The Hall–Kier alpha value is 2.87. The summed E-state index contributed by atoms with van der Waals surface area (Å²) in [4.78, 5) is -2.77. The fourth-order valence-electron chi connectivity index (χ4n) is 21.7. The van der Waals surface area contributed by atoms with Crippen molar-refractivity contribution in [3.05, 3.63) is 57.6 Å². The Kier molecular flexibility index (Phi) is 23.0. The Balaban J connectivity index is 4.19. The molecule has 0 heterocycles. The van der Waals surface area contributed by atoms with Crippen molar-refractivity contribution >= 4 is 168 Å². The Labute approximate surface area is 524 Å². The van der Waals surface area contributed by atoms with E-state index in [4.69, 9.17) is 30.6 Å². The molecule has 0 atom stereocenters. The average molecular weight is 1460 g/mol. The molecule has 452 valence electrons. The second kappa shape index (κ2) is 23.3. The van der Waals surface area contributed by atoms with Gasteiger partial charge < -0.3 is 0 Å². The monoisotopic (exact) mass is 1460 g/mol. The summed E-state index contributed by atoms with van der Waals surface area (Å²) in [5.74, 6) is 0. The predicted octanol–water partition coefficient (Wildman–Crippen LogP) is 21.7. The number of halogens is 2. The molecule has 0 saturated heterocycles. The Bertz CT molecular complexity index is 2180. The van der Waals surface area contributed by atoms with Crippen molar-refractivity contribution in [3.63, 3.8) is 0 Å². The number of rotatable bonds is 23. The molecular formula is C60H134Br2Si16. The van der Waals surface area contributed by atoms with Crippen LogP contribution in [-0.2, 0) is 8.57 Å². The molecule has 0 saturated carbocycles. The molecule has 0 aliphatic rings.